The molecular formula is C20H34F6N2O3. The van der Waals surface area contributed by atoms with Crippen LogP contribution in [0.15, 0.2) is 0 Å². The second kappa shape index (κ2) is 16.2. The van der Waals surface area contributed by atoms with Crippen molar-refractivity contribution in [1.29, 1.82) is 0 Å². The number of unbranched alkanes of at least 4 members (excludes halogenated alkanes) is 4. The number of hydrogen-bond donors (Lipinski definition) is 3. The summed E-state index contributed by atoms with van der Waals surface area (Å²) in [4.78, 5) is 23.0. The Morgan fingerprint density at radius 1 is 0.645 bits per heavy atom. The van der Waals surface area contributed by atoms with Crippen LogP contribution in [0, 0.1) is 0 Å². The normalized spacial score (nSPS) is 13.1. The molecule has 0 fully saturated rings. The van der Waals surface area contributed by atoms with Crippen LogP contribution < -0.4 is 10.6 Å². The van der Waals surface area contributed by atoms with E-state index in [4.69, 9.17) is 0 Å². The van der Waals surface area contributed by atoms with Crippen molar-refractivity contribution >= 4 is 11.8 Å². The third kappa shape index (κ3) is 23.0. The van der Waals surface area contributed by atoms with Crippen molar-refractivity contribution in [1.82, 2.24) is 10.6 Å². The predicted octanol–water partition coefficient (Wildman–Crippen LogP) is 4.78. The second-order valence-electron chi connectivity index (χ2n) is 7.64. The molecule has 0 rings (SSSR count). The zero-order chi connectivity index (χ0) is 23.8. The first-order valence-corrected chi connectivity index (χ1v) is 10.7. The van der Waals surface area contributed by atoms with Crippen LogP contribution in [0.4, 0.5) is 26.3 Å². The van der Waals surface area contributed by atoms with Crippen molar-refractivity contribution in [2.24, 2.45) is 0 Å². The van der Waals surface area contributed by atoms with E-state index < -0.39 is 31.3 Å². The number of amides is 2. The van der Waals surface area contributed by atoms with Gasteiger partial charge in [-0.15, -0.1) is 0 Å². The maximum atomic E-state index is 12.0. The first kappa shape index (κ1) is 29.5. The molecule has 5 nitrogen and oxygen atoms in total. The van der Waals surface area contributed by atoms with Gasteiger partial charge in [0, 0.05) is 38.8 Å². The maximum absolute atomic E-state index is 12.0. The van der Waals surface area contributed by atoms with Gasteiger partial charge in [0.15, 0.2) is 0 Å². The van der Waals surface area contributed by atoms with Crippen molar-refractivity contribution < 1.29 is 41.0 Å². The fourth-order valence-electron chi connectivity index (χ4n) is 2.83. The summed E-state index contributed by atoms with van der Waals surface area (Å²) in [7, 11) is 0. The highest BCUT2D eigenvalue weighted by Gasteiger charge is 2.26. The van der Waals surface area contributed by atoms with Crippen molar-refractivity contribution in [2.75, 3.05) is 13.1 Å². The number of halogens is 6. The van der Waals surface area contributed by atoms with Crippen molar-refractivity contribution in [3.63, 3.8) is 0 Å². The van der Waals surface area contributed by atoms with E-state index >= 15 is 0 Å². The summed E-state index contributed by atoms with van der Waals surface area (Å²) in [5.74, 6) is -0.597. The molecule has 0 aliphatic carbocycles. The largest absolute Gasteiger partial charge is 0.393 e. The molecule has 0 heterocycles. The van der Waals surface area contributed by atoms with Crippen LogP contribution in [0.1, 0.15) is 83.5 Å². The summed E-state index contributed by atoms with van der Waals surface area (Å²) in [5.41, 5.74) is 0. The van der Waals surface area contributed by atoms with Gasteiger partial charge < -0.3 is 15.7 Å². The Morgan fingerprint density at radius 3 is 1.61 bits per heavy atom. The summed E-state index contributed by atoms with van der Waals surface area (Å²) < 4.78 is 71.9. The summed E-state index contributed by atoms with van der Waals surface area (Å²) in [5, 5.41) is 15.1. The molecule has 0 aromatic carbocycles. The average molecular weight is 464 g/mol. The number of aliphatic hydroxyl groups is 1. The van der Waals surface area contributed by atoms with E-state index in [0.717, 1.165) is 6.42 Å². The Bertz CT molecular complexity index is 498. The number of carbonyl (C=O) groups excluding carboxylic acids is 2. The third-order valence-electron chi connectivity index (χ3n) is 4.56. The zero-order valence-corrected chi connectivity index (χ0v) is 17.7. The minimum Gasteiger partial charge on any atom is -0.393 e. The van der Waals surface area contributed by atoms with Crippen molar-refractivity contribution in [3.8, 4) is 0 Å². The maximum Gasteiger partial charge on any atom is 0.389 e. The van der Waals surface area contributed by atoms with Gasteiger partial charge in [0.25, 0.3) is 0 Å². The van der Waals surface area contributed by atoms with Gasteiger partial charge in [-0.1, -0.05) is 12.8 Å². The predicted molar refractivity (Wildman–Crippen MR) is 104 cm³/mol. The Labute approximate surface area is 179 Å². The summed E-state index contributed by atoms with van der Waals surface area (Å²) in [6, 6.07) is 0. The first-order valence-electron chi connectivity index (χ1n) is 10.7. The number of carbonyl (C=O) groups is 2. The van der Waals surface area contributed by atoms with Gasteiger partial charge in [-0.2, -0.15) is 26.3 Å². The summed E-state index contributed by atoms with van der Waals surface area (Å²) in [6.07, 6.45) is -7.42. The van der Waals surface area contributed by atoms with Gasteiger partial charge in [-0.05, 0) is 44.9 Å². The number of nitrogens with one attached hydrogen (secondary N) is 2. The second-order valence-corrected chi connectivity index (χ2v) is 7.64. The van der Waals surface area contributed by atoms with Crippen LogP contribution in [0.5, 0.6) is 0 Å². The highest BCUT2D eigenvalue weighted by atomic mass is 19.4. The lowest BCUT2D eigenvalue weighted by atomic mass is 10.1. The molecule has 1 atom stereocenters. The molecule has 3 N–H and O–H groups in total. The van der Waals surface area contributed by atoms with E-state index in [1.807, 2.05) is 0 Å². The molecule has 1 unspecified atom stereocenters. The van der Waals surface area contributed by atoms with Crippen LogP contribution >= 0.6 is 0 Å². The van der Waals surface area contributed by atoms with Crippen LogP contribution in [0.25, 0.3) is 0 Å². The van der Waals surface area contributed by atoms with Crippen LogP contribution in [0.2, 0.25) is 0 Å². The van der Waals surface area contributed by atoms with Crippen molar-refractivity contribution in [2.45, 2.75) is 102 Å². The third-order valence-corrected chi connectivity index (χ3v) is 4.56. The van der Waals surface area contributed by atoms with Crippen LogP contribution in [-0.4, -0.2) is 48.5 Å². The Hall–Kier alpha value is -1.52. The molecule has 184 valence electrons. The number of alkyl halides is 6. The van der Waals surface area contributed by atoms with Gasteiger partial charge >= 0.3 is 12.4 Å². The highest BCUT2D eigenvalue weighted by molar-refractivity contribution is 5.76. The summed E-state index contributed by atoms with van der Waals surface area (Å²) in [6.45, 7) is 0.683. The Morgan fingerprint density at radius 2 is 1.13 bits per heavy atom. The highest BCUT2D eigenvalue weighted by Crippen LogP contribution is 2.23. The van der Waals surface area contributed by atoms with E-state index in [-0.39, 0.29) is 56.9 Å². The molecule has 0 aliphatic heterocycles. The number of hydrogen-bond acceptors (Lipinski definition) is 3. The molecule has 0 bridgehead atoms. The molecule has 0 spiro atoms. The van der Waals surface area contributed by atoms with Gasteiger partial charge in [-0.3, -0.25) is 9.59 Å². The van der Waals surface area contributed by atoms with Crippen molar-refractivity contribution in [3.05, 3.63) is 0 Å². The molecule has 0 radical (unpaired) electrons. The monoisotopic (exact) mass is 464 g/mol. The molecule has 31 heavy (non-hydrogen) atoms. The number of aliphatic hydroxyl groups excluding tert-OH is 1. The fourth-order valence-corrected chi connectivity index (χ4v) is 2.83. The topological polar surface area (TPSA) is 78.4 Å². The summed E-state index contributed by atoms with van der Waals surface area (Å²) >= 11 is 0. The Kier molecular flexibility index (Phi) is 15.4. The molecule has 0 saturated heterocycles. The minimum atomic E-state index is -4.20. The molecular weight excluding hydrogens is 430 g/mol. The smallest absolute Gasteiger partial charge is 0.389 e. The van der Waals surface area contributed by atoms with E-state index in [2.05, 4.69) is 10.6 Å². The van der Waals surface area contributed by atoms with Crippen LogP contribution in [0.3, 0.4) is 0 Å². The van der Waals surface area contributed by atoms with E-state index in [1.165, 1.54) is 0 Å². The van der Waals surface area contributed by atoms with E-state index in [1.54, 1.807) is 0 Å². The molecule has 0 aromatic rings. The SMILES string of the molecule is O=C(CCCCC(F)(F)F)NCCCCCC(O)CCNC(=O)CCCCC(F)(F)F. The molecule has 0 aliphatic rings. The standard InChI is InChI=1S/C20H34F6N2O3/c21-19(22,23)12-5-3-9-17(30)27-14-7-1-2-8-16(29)11-15-28-18(31)10-4-6-13-20(24,25)26/h16,29H,1-15H2,(H,27,30)(H,28,31). The van der Waals surface area contributed by atoms with Gasteiger partial charge in [0.05, 0.1) is 6.10 Å². The lowest BCUT2D eigenvalue weighted by molar-refractivity contribution is -0.137. The van der Waals surface area contributed by atoms with Crippen LogP contribution in [-0.2, 0) is 9.59 Å². The molecule has 11 heteroatoms. The van der Waals surface area contributed by atoms with Gasteiger partial charge in [-0.25, -0.2) is 0 Å². The minimum absolute atomic E-state index is 0.0280. The first-order chi connectivity index (χ1) is 14.4. The average Bonchev–Trinajstić information content (AvgIpc) is 2.63. The molecule has 0 aromatic heterocycles. The van der Waals surface area contributed by atoms with Gasteiger partial charge in [0.1, 0.15) is 0 Å². The lowest BCUT2D eigenvalue weighted by Gasteiger charge is -2.12. The molecule has 2 amide bonds. The Balaban J connectivity index is 3.50. The fraction of sp³-hybridized carbons (Fsp3) is 0.900. The van der Waals surface area contributed by atoms with Gasteiger partial charge in [0.2, 0.25) is 11.8 Å². The van der Waals surface area contributed by atoms with E-state index in [0.29, 0.717) is 32.2 Å². The zero-order valence-electron chi connectivity index (χ0n) is 17.7. The quantitative estimate of drug-likeness (QED) is 0.214. The van der Waals surface area contributed by atoms with E-state index in [9.17, 15) is 41.0 Å². The lowest BCUT2D eigenvalue weighted by Crippen LogP contribution is -2.27. The molecule has 0 saturated carbocycles. The number of rotatable bonds is 17.